The van der Waals surface area contributed by atoms with E-state index in [2.05, 4.69) is 5.32 Å². The molecule has 0 spiro atoms. The van der Waals surface area contributed by atoms with E-state index in [1.54, 1.807) is 25.3 Å². The van der Waals surface area contributed by atoms with Crippen molar-refractivity contribution >= 4 is 27.5 Å². The van der Waals surface area contributed by atoms with Gasteiger partial charge in [-0.3, -0.25) is 4.79 Å². The van der Waals surface area contributed by atoms with E-state index in [0.29, 0.717) is 41.5 Å². The summed E-state index contributed by atoms with van der Waals surface area (Å²) < 4.78 is 38.1. The Kier molecular flexibility index (Phi) is 9.14. The maximum atomic E-state index is 13.0. The first-order valence-electron chi connectivity index (χ1n) is 11.1. The lowest BCUT2D eigenvalue weighted by Crippen LogP contribution is -2.28. The van der Waals surface area contributed by atoms with Crippen LogP contribution in [0.5, 0.6) is 11.5 Å². The van der Waals surface area contributed by atoms with E-state index in [1.165, 1.54) is 35.6 Å². The van der Waals surface area contributed by atoms with Crippen molar-refractivity contribution in [1.29, 1.82) is 0 Å². The molecule has 1 amide bonds. The lowest BCUT2D eigenvalue weighted by molar-refractivity contribution is 0.0954. The molecule has 0 fully saturated rings. The quantitative estimate of drug-likeness (QED) is 0.404. The number of benzene rings is 3. The van der Waals surface area contributed by atoms with Crippen LogP contribution in [-0.2, 0) is 23.0 Å². The largest absolute Gasteiger partial charge is 0.497 e. The zero-order chi connectivity index (χ0) is 25.4. The summed E-state index contributed by atoms with van der Waals surface area (Å²) in [6, 6.07) is 18.7. The molecular formula is C26H29ClN2O5S. The van der Waals surface area contributed by atoms with Gasteiger partial charge in [-0.25, -0.2) is 8.42 Å². The van der Waals surface area contributed by atoms with Crippen LogP contribution in [0.3, 0.4) is 0 Å². The molecule has 186 valence electrons. The summed E-state index contributed by atoms with van der Waals surface area (Å²) in [6.45, 7) is 2.75. The van der Waals surface area contributed by atoms with E-state index in [4.69, 9.17) is 21.1 Å². The zero-order valence-electron chi connectivity index (χ0n) is 20.0. The third-order valence-electron chi connectivity index (χ3n) is 5.40. The van der Waals surface area contributed by atoms with E-state index in [9.17, 15) is 13.2 Å². The van der Waals surface area contributed by atoms with Crippen molar-refractivity contribution in [2.75, 3.05) is 27.3 Å². The topological polar surface area (TPSA) is 84.9 Å². The van der Waals surface area contributed by atoms with Gasteiger partial charge in [-0.1, -0.05) is 23.7 Å². The highest BCUT2D eigenvalue weighted by atomic mass is 35.5. The fourth-order valence-corrected chi connectivity index (χ4v) is 4.74. The molecule has 0 saturated heterocycles. The van der Waals surface area contributed by atoms with Crippen molar-refractivity contribution in [1.82, 2.24) is 9.62 Å². The third kappa shape index (κ3) is 6.97. The number of amides is 1. The van der Waals surface area contributed by atoms with Gasteiger partial charge in [0.05, 0.1) is 18.6 Å². The lowest BCUT2D eigenvalue weighted by atomic mass is 10.1. The Hall–Kier alpha value is -3.07. The van der Waals surface area contributed by atoms with Crippen LogP contribution in [0.1, 0.15) is 28.4 Å². The standard InChI is InChI=1S/C26H29ClN2O5S/c1-4-34-25-14-7-20(26(30)28-16-15-19-5-10-23(33-3)11-6-19)17-21(25)18-29(2)35(31,32)24-12-8-22(27)9-13-24/h5-14,17H,4,15-16,18H2,1-3H3,(H,28,30). The summed E-state index contributed by atoms with van der Waals surface area (Å²) in [4.78, 5) is 12.9. The molecule has 3 aromatic rings. The molecule has 3 aromatic carbocycles. The number of carbonyl (C=O) groups is 1. The summed E-state index contributed by atoms with van der Waals surface area (Å²) in [5, 5.41) is 3.37. The number of nitrogens with zero attached hydrogens (tertiary/aromatic N) is 1. The Morgan fingerprint density at radius 1 is 1.03 bits per heavy atom. The Morgan fingerprint density at radius 2 is 1.71 bits per heavy atom. The predicted molar refractivity (Wildman–Crippen MR) is 137 cm³/mol. The van der Waals surface area contributed by atoms with Crippen molar-refractivity contribution < 1.29 is 22.7 Å². The second kappa shape index (κ2) is 12.1. The Bertz CT molecular complexity index is 1250. The number of sulfonamides is 1. The summed E-state index contributed by atoms with van der Waals surface area (Å²) in [6.07, 6.45) is 0.668. The van der Waals surface area contributed by atoms with Gasteiger partial charge in [0.1, 0.15) is 11.5 Å². The fraction of sp³-hybridized carbons (Fsp3) is 0.269. The summed E-state index contributed by atoms with van der Waals surface area (Å²) in [5.41, 5.74) is 2.10. The third-order valence-corrected chi connectivity index (χ3v) is 7.47. The van der Waals surface area contributed by atoms with Crippen LogP contribution in [0, 0.1) is 0 Å². The van der Waals surface area contributed by atoms with E-state index in [-0.39, 0.29) is 17.3 Å². The second-order valence-electron chi connectivity index (χ2n) is 7.82. The van der Waals surface area contributed by atoms with Gasteiger partial charge in [-0.2, -0.15) is 4.31 Å². The molecule has 0 aliphatic heterocycles. The van der Waals surface area contributed by atoms with Gasteiger partial charge in [0.25, 0.3) is 5.91 Å². The molecule has 35 heavy (non-hydrogen) atoms. The van der Waals surface area contributed by atoms with Gasteiger partial charge in [0.15, 0.2) is 0 Å². The number of carbonyl (C=O) groups excluding carboxylic acids is 1. The lowest BCUT2D eigenvalue weighted by Gasteiger charge is -2.20. The summed E-state index contributed by atoms with van der Waals surface area (Å²) >= 11 is 5.89. The molecule has 9 heteroatoms. The molecule has 0 bridgehead atoms. The van der Waals surface area contributed by atoms with Crippen molar-refractivity contribution in [3.05, 3.63) is 88.4 Å². The Morgan fingerprint density at radius 3 is 2.34 bits per heavy atom. The first kappa shape index (κ1) is 26.5. The SMILES string of the molecule is CCOc1ccc(C(=O)NCCc2ccc(OC)cc2)cc1CN(C)S(=O)(=O)c1ccc(Cl)cc1. The number of hydrogen-bond donors (Lipinski definition) is 1. The van der Waals surface area contributed by atoms with Crippen LogP contribution >= 0.6 is 11.6 Å². The van der Waals surface area contributed by atoms with Crippen molar-refractivity contribution in [2.24, 2.45) is 0 Å². The van der Waals surface area contributed by atoms with Gasteiger partial charge >= 0.3 is 0 Å². The van der Waals surface area contributed by atoms with E-state index < -0.39 is 10.0 Å². The summed E-state index contributed by atoms with van der Waals surface area (Å²) in [5.74, 6) is 1.06. The molecule has 0 saturated carbocycles. The van der Waals surface area contributed by atoms with Crippen LogP contribution in [0.15, 0.2) is 71.6 Å². The maximum absolute atomic E-state index is 13.0. The molecule has 1 N–H and O–H groups in total. The second-order valence-corrected chi connectivity index (χ2v) is 10.3. The van der Waals surface area contributed by atoms with Crippen LogP contribution < -0.4 is 14.8 Å². The van der Waals surface area contributed by atoms with Crippen LogP contribution in [-0.4, -0.2) is 45.9 Å². The monoisotopic (exact) mass is 516 g/mol. The predicted octanol–water partition coefficient (Wildman–Crippen LogP) is 4.54. The van der Waals surface area contributed by atoms with Crippen LogP contribution in [0.4, 0.5) is 0 Å². The molecule has 0 aliphatic rings. The minimum absolute atomic E-state index is 0.0350. The van der Waals surface area contributed by atoms with E-state index >= 15 is 0 Å². The number of rotatable bonds is 11. The molecule has 3 rings (SSSR count). The highest BCUT2D eigenvalue weighted by Gasteiger charge is 2.23. The number of nitrogens with one attached hydrogen (secondary N) is 1. The van der Waals surface area contributed by atoms with Crippen LogP contribution in [0.25, 0.3) is 0 Å². The van der Waals surface area contributed by atoms with E-state index in [1.807, 2.05) is 31.2 Å². The molecule has 7 nitrogen and oxygen atoms in total. The Balaban J connectivity index is 1.71. The number of hydrogen-bond acceptors (Lipinski definition) is 5. The highest BCUT2D eigenvalue weighted by molar-refractivity contribution is 7.89. The van der Waals surface area contributed by atoms with Gasteiger partial charge in [0.2, 0.25) is 10.0 Å². The van der Waals surface area contributed by atoms with Gasteiger partial charge in [0, 0.05) is 36.3 Å². The van der Waals surface area contributed by atoms with Gasteiger partial charge in [-0.15, -0.1) is 0 Å². The van der Waals surface area contributed by atoms with E-state index in [0.717, 1.165) is 11.3 Å². The number of methoxy groups -OCH3 is 1. The smallest absolute Gasteiger partial charge is 0.251 e. The minimum atomic E-state index is -3.76. The average Bonchev–Trinajstić information content (AvgIpc) is 2.85. The van der Waals surface area contributed by atoms with Gasteiger partial charge < -0.3 is 14.8 Å². The average molecular weight is 517 g/mol. The fourth-order valence-electron chi connectivity index (χ4n) is 3.47. The van der Waals surface area contributed by atoms with Crippen molar-refractivity contribution in [2.45, 2.75) is 24.8 Å². The molecule has 0 aliphatic carbocycles. The molecule has 0 radical (unpaired) electrons. The van der Waals surface area contributed by atoms with Crippen molar-refractivity contribution in [3.8, 4) is 11.5 Å². The first-order valence-corrected chi connectivity index (χ1v) is 12.9. The number of ether oxygens (including phenoxy) is 2. The minimum Gasteiger partial charge on any atom is -0.497 e. The van der Waals surface area contributed by atoms with Crippen LogP contribution in [0.2, 0.25) is 5.02 Å². The molecular weight excluding hydrogens is 488 g/mol. The molecule has 0 atom stereocenters. The Labute approximate surface area is 211 Å². The van der Waals surface area contributed by atoms with Crippen molar-refractivity contribution in [3.63, 3.8) is 0 Å². The molecule has 0 heterocycles. The maximum Gasteiger partial charge on any atom is 0.251 e. The normalized spacial score (nSPS) is 11.3. The highest BCUT2D eigenvalue weighted by Crippen LogP contribution is 2.25. The summed E-state index contributed by atoms with van der Waals surface area (Å²) in [7, 11) is -0.655. The zero-order valence-corrected chi connectivity index (χ0v) is 21.5. The molecule has 0 aromatic heterocycles. The molecule has 0 unspecified atom stereocenters. The number of halogens is 1. The van der Waals surface area contributed by atoms with Gasteiger partial charge in [-0.05, 0) is 73.5 Å². The first-order chi connectivity index (χ1) is 16.7.